The van der Waals surface area contributed by atoms with Crippen molar-refractivity contribution < 1.29 is 37.2 Å². The SMILES string of the molecule is BC1CC(OP(=O)(O)OCCCOP(C)(=O)O)C(C(C)C)O1. The Balaban J connectivity index is 2.37. The molecule has 0 spiro atoms. The second-order valence-corrected chi connectivity index (χ2v) is 9.10. The van der Waals surface area contributed by atoms with Crippen LogP contribution in [0.3, 0.4) is 0 Å². The Morgan fingerprint density at radius 2 is 1.86 bits per heavy atom. The van der Waals surface area contributed by atoms with E-state index in [1.807, 2.05) is 21.7 Å². The van der Waals surface area contributed by atoms with Gasteiger partial charge in [0.1, 0.15) is 7.85 Å². The van der Waals surface area contributed by atoms with Gasteiger partial charge in [0.2, 0.25) is 0 Å². The summed E-state index contributed by atoms with van der Waals surface area (Å²) >= 11 is 0. The molecule has 5 atom stereocenters. The third-order valence-electron chi connectivity index (χ3n) is 3.12. The highest BCUT2D eigenvalue weighted by Gasteiger charge is 2.40. The van der Waals surface area contributed by atoms with Crippen LogP contribution in [0.5, 0.6) is 0 Å². The van der Waals surface area contributed by atoms with E-state index in [0.717, 1.165) is 6.66 Å². The second-order valence-electron chi connectivity index (χ2n) is 5.83. The summed E-state index contributed by atoms with van der Waals surface area (Å²) in [7, 11) is -5.84. The topological polar surface area (TPSA) is 112 Å². The molecule has 1 fully saturated rings. The zero-order valence-corrected chi connectivity index (χ0v) is 15.2. The van der Waals surface area contributed by atoms with Crippen LogP contribution in [0.2, 0.25) is 0 Å². The first-order chi connectivity index (χ1) is 10.0. The fraction of sp³-hybridized carbons (Fsp3) is 1.00. The van der Waals surface area contributed by atoms with Crippen molar-refractivity contribution >= 4 is 23.3 Å². The Kier molecular flexibility index (Phi) is 7.76. The Bertz CT molecular complexity index is 440. The molecule has 11 heteroatoms. The molecule has 0 aromatic rings. The van der Waals surface area contributed by atoms with Crippen molar-refractivity contribution in [3.05, 3.63) is 0 Å². The normalized spacial score (nSPS) is 31.1. The van der Waals surface area contributed by atoms with Crippen LogP contribution in [0, 0.1) is 5.92 Å². The van der Waals surface area contributed by atoms with Crippen LogP contribution in [-0.4, -0.2) is 55.7 Å². The van der Waals surface area contributed by atoms with Gasteiger partial charge in [0, 0.05) is 12.7 Å². The Morgan fingerprint density at radius 1 is 1.27 bits per heavy atom. The van der Waals surface area contributed by atoms with Crippen molar-refractivity contribution in [1.29, 1.82) is 0 Å². The number of hydrogen-bond acceptors (Lipinski definition) is 6. The van der Waals surface area contributed by atoms with E-state index in [2.05, 4.69) is 4.52 Å². The summed E-state index contributed by atoms with van der Waals surface area (Å²) < 4.78 is 43.2. The maximum atomic E-state index is 11.9. The molecule has 0 saturated carbocycles. The molecule has 0 aromatic carbocycles. The third-order valence-corrected chi connectivity index (χ3v) is 4.83. The van der Waals surface area contributed by atoms with E-state index in [1.165, 1.54) is 0 Å². The van der Waals surface area contributed by atoms with Crippen LogP contribution < -0.4 is 0 Å². The molecule has 1 aliphatic heterocycles. The van der Waals surface area contributed by atoms with Gasteiger partial charge in [-0.1, -0.05) is 13.8 Å². The molecule has 0 radical (unpaired) electrons. The average Bonchev–Trinajstić information content (AvgIpc) is 2.67. The highest BCUT2D eigenvalue weighted by molar-refractivity contribution is 7.51. The lowest BCUT2D eigenvalue weighted by molar-refractivity contribution is -0.00174. The van der Waals surface area contributed by atoms with Gasteiger partial charge in [-0.3, -0.25) is 13.6 Å². The number of hydrogen-bond donors (Lipinski definition) is 2. The van der Waals surface area contributed by atoms with E-state index in [1.54, 1.807) is 0 Å². The van der Waals surface area contributed by atoms with Gasteiger partial charge in [-0.2, -0.15) is 0 Å². The predicted molar refractivity (Wildman–Crippen MR) is 83.6 cm³/mol. The lowest BCUT2D eigenvalue weighted by Crippen LogP contribution is -2.28. The molecular weight excluding hydrogens is 333 g/mol. The molecule has 0 aromatic heterocycles. The first-order valence-corrected chi connectivity index (χ1v) is 10.8. The van der Waals surface area contributed by atoms with Gasteiger partial charge in [-0.15, -0.1) is 0 Å². The van der Waals surface area contributed by atoms with Gasteiger partial charge in [0.25, 0.3) is 0 Å². The summed E-state index contributed by atoms with van der Waals surface area (Å²) in [5.74, 6) is 0.159. The van der Waals surface area contributed by atoms with Crippen molar-refractivity contribution in [3.8, 4) is 0 Å². The van der Waals surface area contributed by atoms with E-state index < -0.39 is 21.5 Å². The summed E-state index contributed by atoms with van der Waals surface area (Å²) in [4.78, 5) is 18.7. The zero-order valence-electron chi connectivity index (χ0n) is 13.4. The molecule has 22 heavy (non-hydrogen) atoms. The molecule has 0 bridgehead atoms. The van der Waals surface area contributed by atoms with Crippen molar-refractivity contribution in [2.75, 3.05) is 19.9 Å². The Hall–Kier alpha value is 0.285. The van der Waals surface area contributed by atoms with Crippen molar-refractivity contribution in [1.82, 2.24) is 0 Å². The van der Waals surface area contributed by atoms with Crippen LogP contribution in [0.1, 0.15) is 26.7 Å². The number of phosphoric ester groups is 1. The first-order valence-electron chi connectivity index (χ1n) is 7.26. The minimum atomic E-state index is -4.19. The molecule has 5 unspecified atom stereocenters. The van der Waals surface area contributed by atoms with Gasteiger partial charge in [-0.05, 0) is 18.8 Å². The number of phosphoric acid groups is 1. The minimum absolute atomic E-state index is 0.0333. The zero-order chi connectivity index (χ0) is 17.0. The summed E-state index contributed by atoms with van der Waals surface area (Å²) in [5.41, 5.74) is 0. The summed E-state index contributed by atoms with van der Waals surface area (Å²) in [6, 6.07) is -0.0333. The van der Waals surface area contributed by atoms with Crippen LogP contribution in [0.4, 0.5) is 0 Å². The molecular formula is C11H25BO8P2. The van der Waals surface area contributed by atoms with Crippen LogP contribution in [0.25, 0.3) is 0 Å². The minimum Gasteiger partial charge on any atom is -0.381 e. The maximum Gasteiger partial charge on any atom is 0.472 e. The monoisotopic (exact) mass is 358 g/mol. The molecule has 2 N–H and O–H groups in total. The van der Waals surface area contributed by atoms with Gasteiger partial charge in [0.15, 0.2) is 0 Å². The van der Waals surface area contributed by atoms with Gasteiger partial charge < -0.3 is 19.0 Å². The smallest absolute Gasteiger partial charge is 0.381 e. The maximum absolute atomic E-state index is 11.9. The lowest BCUT2D eigenvalue weighted by Gasteiger charge is -2.24. The van der Waals surface area contributed by atoms with Crippen molar-refractivity contribution in [2.45, 2.75) is 44.9 Å². The third kappa shape index (κ3) is 7.71. The fourth-order valence-corrected chi connectivity index (χ4v) is 3.67. The van der Waals surface area contributed by atoms with Crippen LogP contribution in [-0.2, 0) is 27.4 Å². The van der Waals surface area contributed by atoms with Gasteiger partial charge >= 0.3 is 15.4 Å². The van der Waals surface area contributed by atoms with Gasteiger partial charge in [0.05, 0.1) is 25.4 Å². The fourth-order valence-electron chi connectivity index (χ4n) is 2.24. The van der Waals surface area contributed by atoms with Crippen LogP contribution in [0.15, 0.2) is 0 Å². The summed E-state index contributed by atoms with van der Waals surface area (Å²) in [5, 5.41) is 0. The molecule has 1 aliphatic rings. The predicted octanol–water partition coefficient (Wildman–Crippen LogP) is 1.11. The summed E-state index contributed by atoms with van der Waals surface area (Å²) in [6.45, 7) is 4.84. The summed E-state index contributed by atoms with van der Waals surface area (Å²) in [6.07, 6.45) is -0.000842. The highest BCUT2D eigenvalue weighted by atomic mass is 31.2. The average molecular weight is 358 g/mol. The largest absolute Gasteiger partial charge is 0.472 e. The van der Waals surface area contributed by atoms with E-state index in [4.69, 9.17) is 18.7 Å². The molecule has 130 valence electrons. The number of ether oxygens (including phenoxy) is 1. The molecule has 1 rings (SSSR count). The highest BCUT2D eigenvalue weighted by Crippen LogP contribution is 2.48. The van der Waals surface area contributed by atoms with E-state index in [-0.39, 0.29) is 37.7 Å². The molecule has 1 heterocycles. The number of rotatable bonds is 9. The van der Waals surface area contributed by atoms with Crippen molar-refractivity contribution in [2.24, 2.45) is 5.92 Å². The molecule has 0 amide bonds. The van der Waals surface area contributed by atoms with Crippen LogP contribution >= 0.6 is 15.4 Å². The molecule has 8 nitrogen and oxygen atoms in total. The van der Waals surface area contributed by atoms with Gasteiger partial charge in [-0.25, -0.2) is 4.57 Å². The van der Waals surface area contributed by atoms with E-state index in [9.17, 15) is 14.0 Å². The molecule has 0 aliphatic carbocycles. The second kappa shape index (κ2) is 8.40. The Labute approximate surface area is 132 Å². The first kappa shape index (κ1) is 20.3. The quantitative estimate of drug-likeness (QED) is 0.358. The van der Waals surface area contributed by atoms with E-state index in [0.29, 0.717) is 6.42 Å². The Morgan fingerprint density at radius 3 is 2.41 bits per heavy atom. The lowest BCUT2D eigenvalue weighted by atomic mass is 9.94. The van der Waals surface area contributed by atoms with E-state index >= 15 is 0 Å². The van der Waals surface area contributed by atoms with Crippen molar-refractivity contribution in [3.63, 3.8) is 0 Å². The standard InChI is InChI=1S/C11H25BO8P2/c1-8(2)11-9(7-10(12)19-11)20-22(15,16)18-6-4-5-17-21(3,13)14/h8-11H,4-7,12H2,1-3H3,(H,13,14)(H,15,16). The molecule has 1 saturated heterocycles.